The van der Waals surface area contributed by atoms with Crippen LogP contribution in [0.4, 0.5) is 15.8 Å². The van der Waals surface area contributed by atoms with Crippen molar-refractivity contribution in [2.45, 2.75) is 19.8 Å². The number of nitrogens with one attached hydrogen (secondary N) is 1. The summed E-state index contributed by atoms with van der Waals surface area (Å²) in [7, 11) is -3.63. The first-order valence-corrected chi connectivity index (χ1v) is 9.76. The zero-order chi connectivity index (χ0) is 18.4. The van der Waals surface area contributed by atoms with E-state index in [9.17, 15) is 17.6 Å². The Labute approximate surface area is 147 Å². The van der Waals surface area contributed by atoms with Gasteiger partial charge in [-0.3, -0.25) is 9.10 Å². The maximum atomic E-state index is 13.4. The minimum atomic E-state index is -3.63. The van der Waals surface area contributed by atoms with Crippen LogP contribution in [-0.4, -0.2) is 27.1 Å². The summed E-state index contributed by atoms with van der Waals surface area (Å²) in [6, 6.07) is 12.7. The second-order valence-electron chi connectivity index (χ2n) is 5.66. The Morgan fingerprint density at radius 3 is 2.40 bits per heavy atom. The standard InChI is InChI=1S/C18H21FN2O3S/c1-3-14-7-9-16(10-8-14)20-18(22)11-12-21(25(2,23)24)17-6-4-5-15(19)13-17/h4-10,13H,3,11-12H2,1-2H3,(H,20,22). The zero-order valence-corrected chi connectivity index (χ0v) is 15.0. The number of sulfonamides is 1. The predicted octanol–water partition coefficient (Wildman–Crippen LogP) is 3.18. The van der Waals surface area contributed by atoms with Crippen LogP contribution in [0, 0.1) is 5.82 Å². The van der Waals surface area contributed by atoms with Crippen LogP contribution in [0.2, 0.25) is 0 Å². The van der Waals surface area contributed by atoms with Crippen molar-refractivity contribution in [1.29, 1.82) is 0 Å². The maximum Gasteiger partial charge on any atom is 0.232 e. The number of hydrogen-bond acceptors (Lipinski definition) is 3. The average molecular weight is 364 g/mol. The summed E-state index contributed by atoms with van der Waals surface area (Å²) in [5.41, 5.74) is 2.01. The van der Waals surface area contributed by atoms with Gasteiger partial charge in [0.15, 0.2) is 0 Å². The van der Waals surface area contributed by atoms with E-state index in [1.165, 1.54) is 18.2 Å². The number of anilines is 2. The van der Waals surface area contributed by atoms with E-state index < -0.39 is 15.8 Å². The van der Waals surface area contributed by atoms with Crippen LogP contribution < -0.4 is 9.62 Å². The van der Waals surface area contributed by atoms with E-state index in [2.05, 4.69) is 5.32 Å². The molecule has 0 radical (unpaired) electrons. The van der Waals surface area contributed by atoms with Gasteiger partial charge in [0.25, 0.3) is 0 Å². The number of halogens is 1. The van der Waals surface area contributed by atoms with Crippen molar-refractivity contribution in [3.8, 4) is 0 Å². The molecular formula is C18H21FN2O3S. The molecule has 0 saturated carbocycles. The number of rotatable bonds is 7. The quantitative estimate of drug-likeness (QED) is 0.820. The summed E-state index contributed by atoms with van der Waals surface area (Å²) < 4.78 is 38.3. The Morgan fingerprint density at radius 1 is 1.16 bits per heavy atom. The van der Waals surface area contributed by atoms with Crippen molar-refractivity contribution in [1.82, 2.24) is 0 Å². The molecule has 1 N–H and O–H groups in total. The van der Waals surface area contributed by atoms with E-state index in [-0.39, 0.29) is 24.6 Å². The largest absolute Gasteiger partial charge is 0.326 e. The summed E-state index contributed by atoms with van der Waals surface area (Å²) >= 11 is 0. The topological polar surface area (TPSA) is 66.5 Å². The molecule has 0 atom stereocenters. The lowest BCUT2D eigenvalue weighted by Gasteiger charge is -2.22. The van der Waals surface area contributed by atoms with Crippen LogP contribution in [0.3, 0.4) is 0 Å². The molecule has 5 nitrogen and oxygen atoms in total. The number of benzene rings is 2. The van der Waals surface area contributed by atoms with Crippen LogP contribution in [0.25, 0.3) is 0 Å². The van der Waals surface area contributed by atoms with Crippen LogP contribution in [0.1, 0.15) is 18.9 Å². The van der Waals surface area contributed by atoms with Gasteiger partial charge in [0.05, 0.1) is 11.9 Å². The number of aryl methyl sites for hydroxylation is 1. The molecule has 0 spiro atoms. The summed E-state index contributed by atoms with van der Waals surface area (Å²) in [6.45, 7) is 1.97. The van der Waals surface area contributed by atoms with Gasteiger partial charge in [0.2, 0.25) is 15.9 Å². The highest BCUT2D eigenvalue weighted by atomic mass is 32.2. The SMILES string of the molecule is CCc1ccc(NC(=O)CCN(c2cccc(F)c2)S(C)(=O)=O)cc1. The molecule has 0 aliphatic carbocycles. The van der Waals surface area contributed by atoms with Gasteiger partial charge >= 0.3 is 0 Å². The van der Waals surface area contributed by atoms with Crippen molar-refractivity contribution in [2.24, 2.45) is 0 Å². The van der Waals surface area contributed by atoms with Gasteiger partial charge in [-0.15, -0.1) is 0 Å². The van der Waals surface area contributed by atoms with Crippen LogP contribution in [0.5, 0.6) is 0 Å². The van der Waals surface area contributed by atoms with Crippen molar-refractivity contribution < 1.29 is 17.6 Å². The molecule has 0 aliphatic rings. The second-order valence-corrected chi connectivity index (χ2v) is 7.57. The predicted molar refractivity (Wildman–Crippen MR) is 97.7 cm³/mol. The van der Waals surface area contributed by atoms with Gasteiger partial charge in [0.1, 0.15) is 5.82 Å². The Bertz CT molecular complexity index is 836. The minimum absolute atomic E-state index is 0.0425. The summed E-state index contributed by atoms with van der Waals surface area (Å²) in [5.74, 6) is -0.846. The Balaban J connectivity index is 2.03. The molecule has 1 amide bonds. The molecule has 0 bridgehead atoms. The smallest absolute Gasteiger partial charge is 0.232 e. The van der Waals surface area contributed by atoms with Gasteiger partial charge in [-0.2, -0.15) is 0 Å². The zero-order valence-electron chi connectivity index (χ0n) is 14.2. The first kappa shape index (κ1) is 18.9. The lowest BCUT2D eigenvalue weighted by Crippen LogP contribution is -2.33. The van der Waals surface area contributed by atoms with Gasteiger partial charge in [-0.1, -0.05) is 25.1 Å². The van der Waals surface area contributed by atoms with E-state index in [1.807, 2.05) is 19.1 Å². The fourth-order valence-corrected chi connectivity index (χ4v) is 3.29. The number of amides is 1. The number of carbonyl (C=O) groups excluding carboxylic acids is 1. The summed E-state index contributed by atoms with van der Waals surface area (Å²) in [4.78, 5) is 12.1. The Kier molecular flexibility index (Phi) is 6.14. The fourth-order valence-electron chi connectivity index (χ4n) is 2.37. The first-order chi connectivity index (χ1) is 11.8. The molecule has 2 rings (SSSR count). The Morgan fingerprint density at radius 2 is 1.84 bits per heavy atom. The lowest BCUT2D eigenvalue weighted by molar-refractivity contribution is -0.116. The van der Waals surface area contributed by atoms with Gasteiger partial charge in [0, 0.05) is 18.7 Å². The number of nitrogens with zero attached hydrogens (tertiary/aromatic N) is 1. The monoisotopic (exact) mass is 364 g/mol. The van der Waals surface area contributed by atoms with Gasteiger partial charge in [-0.25, -0.2) is 12.8 Å². The molecule has 25 heavy (non-hydrogen) atoms. The lowest BCUT2D eigenvalue weighted by atomic mass is 10.1. The highest BCUT2D eigenvalue weighted by molar-refractivity contribution is 7.92. The van der Waals surface area contributed by atoms with Crippen molar-refractivity contribution in [3.05, 3.63) is 59.9 Å². The molecule has 0 unspecified atom stereocenters. The second kappa shape index (κ2) is 8.11. The maximum absolute atomic E-state index is 13.4. The highest BCUT2D eigenvalue weighted by Gasteiger charge is 2.19. The van der Waals surface area contributed by atoms with Crippen LogP contribution >= 0.6 is 0 Å². The van der Waals surface area contributed by atoms with E-state index in [0.29, 0.717) is 5.69 Å². The van der Waals surface area contributed by atoms with Gasteiger partial charge < -0.3 is 5.32 Å². The molecule has 134 valence electrons. The molecule has 0 aliphatic heterocycles. The third-order valence-electron chi connectivity index (χ3n) is 3.68. The first-order valence-electron chi connectivity index (χ1n) is 7.91. The normalized spacial score (nSPS) is 11.2. The van der Waals surface area contributed by atoms with Crippen molar-refractivity contribution in [3.63, 3.8) is 0 Å². The summed E-state index contributed by atoms with van der Waals surface area (Å²) in [5, 5.41) is 2.73. The highest BCUT2D eigenvalue weighted by Crippen LogP contribution is 2.19. The molecule has 0 heterocycles. The molecule has 2 aromatic rings. The molecule has 7 heteroatoms. The summed E-state index contributed by atoms with van der Waals surface area (Å²) in [6.07, 6.45) is 1.89. The van der Waals surface area contributed by atoms with E-state index >= 15 is 0 Å². The van der Waals surface area contributed by atoms with E-state index in [0.717, 1.165) is 28.6 Å². The fraction of sp³-hybridized carbons (Fsp3) is 0.278. The number of carbonyl (C=O) groups is 1. The Hall–Kier alpha value is -2.41. The molecule has 2 aromatic carbocycles. The molecule has 0 aromatic heterocycles. The van der Waals surface area contributed by atoms with E-state index in [4.69, 9.17) is 0 Å². The number of hydrogen-bond donors (Lipinski definition) is 1. The third-order valence-corrected chi connectivity index (χ3v) is 4.88. The average Bonchev–Trinajstić information content (AvgIpc) is 2.54. The van der Waals surface area contributed by atoms with Gasteiger partial charge in [-0.05, 0) is 42.3 Å². The van der Waals surface area contributed by atoms with Crippen LogP contribution in [0.15, 0.2) is 48.5 Å². The molecule has 0 saturated heterocycles. The minimum Gasteiger partial charge on any atom is -0.326 e. The molecule has 0 fully saturated rings. The third kappa shape index (κ3) is 5.56. The molecular weight excluding hydrogens is 343 g/mol. The van der Waals surface area contributed by atoms with Crippen LogP contribution in [-0.2, 0) is 21.2 Å². The van der Waals surface area contributed by atoms with Crippen molar-refractivity contribution in [2.75, 3.05) is 22.4 Å². The van der Waals surface area contributed by atoms with Crippen molar-refractivity contribution >= 4 is 27.3 Å². The van der Waals surface area contributed by atoms with E-state index in [1.54, 1.807) is 12.1 Å².